The summed E-state index contributed by atoms with van der Waals surface area (Å²) in [5.41, 5.74) is 0.160. The molecule has 0 saturated carbocycles. The van der Waals surface area contributed by atoms with Gasteiger partial charge in [-0.1, -0.05) is 13.8 Å². The van der Waals surface area contributed by atoms with Crippen LogP contribution in [0.5, 0.6) is 5.75 Å². The molecule has 0 aliphatic carbocycles. The van der Waals surface area contributed by atoms with Gasteiger partial charge in [-0.3, -0.25) is 9.59 Å². The van der Waals surface area contributed by atoms with Gasteiger partial charge in [0.2, 0.25) is 10.0 Å². The van der Waals surface area contributed by atoms with Gasteiger partial charge in [-0.2, -0.15) is 4.72 Å². The predicted octanol–water partition coefficient (Wildman–Crippen LogP) is 1.19. The van der Waals surface area contributed by atoms with E-state index in [1.165, 1.54) is 32.4 Å². The minimum atomic E-state index is -4.15. The third kappa shape index (κ3) is 6.02. The number of aliphatic carboxylic acids is 1. The summed E-state index contributed by atoms with van der Waals surface area (Å²) in [6.45, 7) is 3.58. The Balaban J connectivity index is 3.26. The zero-order chi connectivity index (χ0) is 19.2. The van der Waals surface area contributed by atoms with Gasteiger partial charge in [0.05, 0.1) is 25.5 Å². The van der Waals surface area contributed by atoms with Gasteiger partial charge in [0.25, 0.3) is 0 Å². The zero-order valence-corrected chi connectivity index (χ0v) is 15.4. The zero-order valence-electron chi connectivity index (χ0n) is 14.6. The molecule has 2 N–H and O–H groups in total. The highest BCUT2D eigenvalue weighted by atomic mass is 32.2. The first-order chi connectivity index (χ1) is 11.6. The van der Waals surface area contributed by atoms with Crippen LogP contribution in [0.4, 0.5) is 0 Å². The Labute approximate surface area is 147 Å². The van der Waals surface area contributed by atoms with E-state index in [2.05, 4.69) is 9.46 Å². The fourth-order valence-electron chi connectivity index (χ4n) is 2.23. The summed E-state index contributed by atoms with van der Waals surface area (Å²) < 4.78 is 37.1. The van der Waals surface area contributed by atoms with Crippen LogP contribution in [-0.4, -0.2) is 45.7 Å². The summed E-state index contributed by atoms with van der Waals surface area (Å²) in [5.74, 6) is -1.54. The van der Waals surface area contributed by atoms with Crippen molar-refractivity contribution < 1.29 is 32.6 Å². The van der Waals surface area contributed by atoms with E-state index < -0.39 is 28.0 Å². The number of methoxy groups -OCH3 is 2. The Kier molecular flexibility index (Phi) is 7.38. The van der Waals surface area contributed by atoms with Crippen molar-refractivity contribution in [3.63, 3.8) is 0 Å². The summed E-state index contributed by atoms with van der Waals surface area (Å²) >= 11 is 0. The lowest BCUT2D eigenvalue weighted by Crippen LogP contribution is -2.41. The molecule has 0 radical (unpaired) electrons. The minimum absolute atomic E-state index is 0.0193. The Bertz CT molecular complexity index is 728. The first kappa shape index (κ1) is 20.9. The fraction of sp³-hybridized carbons (Fsp3) is 0.500. The van der Waals surface area contributed by atoms with Crippen molar-refractivity contribution in [3.05, 3.63) is 23.8 Å². The van der Waals surface area contributed by atoms with Crippen molar-refractivity contribution in [2.24, 2.45) is 5.92 Å². The molecule has 0 amide bonds. The van der Waals surface area contributed by atoms with Crippen LogP contribution in [0, 0.1) is 5.92 Å². The van der Waals surface area contributed by atoms with E-state index in [0.29, 0.717) is 5.75 Å². The van der Waals surface area contributed by atoms with E-state index in [1.54, 1.807) is 13.8 Å². The maximum atomic E-state index is 12.7. The molecule has 1 atom stereocenters. The number of carbonyl (C=O) groups is 2. The molecule has 0 aromatic heterocycles. The average Bonchev–Trinajstić information content (AvgIpc) is 2.52. The monoisotopic (exact) mass is 373 g/mol. The van der Waals surface area contributed by atoms with Gasteiger partial charge in [0, 0.05) is 0 Å². The van der Waals surface area contributed by atoms with Crippen molar-refractivity contribution in [1.29, 1.82) is 0 Å². The van der Waals surface area contributed by atoms with Crippen LogP contribution in [0.25, 0.3) is 0 Å². The first-order valence-electron chi connectivity index (χ1n) is 7.59. The number of sulfonamides is 1. The van der Waals surface area contributed by atoms with E-state index >= 15 is 0 Å². The molecule has 0 aliphatic heterocycles. The topological polar surface area (TPSA) is 119 Å². The second kappa shape index (κ2) is 8.82. The molecule has 1 rings (SSSR count). The summed E-state index contributed by atoms with van der Waals surface area (Å²) in [4.78, 5) is 22.7. The molecule has 25 heavy (non-hydrogen) atoms. The van der Waals surface area contributed by atoms with E-state index in [1.807, 2.05) is 0 Å². The summed E-state index contributed by atoms with van der Waals surface area (Å²) in [6.07, 6.45) is -0.150. The normalized spacial score (nSPS) is 12.7. The molecule has 0 spiro atoms. The van der Waals surface area contributed by atoms with Crippen LogP contribution in [0.15, 0.2) is 23.1 Å². The average molecular weight is 373 g/mol. The molecule has 0 fully saturated rings. The number of rotatable bonds is 9. The molecule has 9 heteroatoms. The number of carboxylic acid groups (broad SMARTS) is 1. The van der Waals surface area contributed by atoms with Crippen molar-refractivity contribution >= 4 is 22.0 Å². The van der Waals surface area contributed by atoms with Gasteiger partial charge in [-0.15, -0.1) is 0 Å². The van der Waals surface area contributed by atoms with Crippen LogP contribution in [0.1, 0.15) is 25.8 Å². The number of carbonyl (C=O) groups excluding carboxylic acids is 1. The van der Waals surface area contributed by atoms with Crippen LogP contribution >= 0.6 is 0 Å². The smallest absolute Gasteiger partial charge is 0.321 e. The molecular weight excluding hydrogens is 350 g/mol. The highest BCUT2D eigenvalue weighted by molar-refractivity contribution is 7.89. The van der Waals surface area contributed by atoms with Crippen LogP contribution < -0.4 is 9.46 Å². The molecule has 0 aliphatic rings. The van der Waals surface area contributed by atoms with Gasteiger partial charge in [-0.05, 0) is 36.1 Å². The number of carboxylic acids is 1. The minimum Gasteiger partial charge on any atom is -0.497 e. The number of ether oxygens (including phenoxy) is 2. The van der Waals surface area contributed by atoms with Gasteiger partial charge in [0.15, 0.2) is 0 Å². The molecule has 1 aromatic rings. The van der Waals surface area contributed by atoms with E-state index in [9.17, 15) is 23.1 Å². The summed E-state index contributed by atoms with van der Waals surface area (Å²) in [7, 11) is -1.55. The maximum Gasteiger partial charge on any atom is 0.321 e. The Morgan fingerprint density at radius 1 is 1.24 bits per heavy atom. The fourth-order valence-corrected chi connectivity index (χ4v) is 3.65. The predicted molar refractivity (Wildman–Crippen MR) is 89.9 cm³/mol. The Hall–Kier alpha value is -2.13. The van der Waals surface area contributed by atoms with E-state index in [0.717, 1.165) is 0 Å². The molecule has 0 saturated heterocycles. The van der Waals surface area contributed by atoms with Gasteiger partial charge >= 0.3 is 11.9 Å². The van der Waals surface area contributed by atoms with Crippen molar-refractivity contribution in [1.82, 2.24) is 4.72 Å². The lowest BCUT2D eigenvalue weighted by molar-refractivity contribution is -0.140. The van der Waals surface area contributed by atoms with Crippen molar-refractivity contribution in [2.75, 3.05) is 14.2 Å². The molecule has 140 valence electrons. The van der Waals surface area contributed by atoms with Gasteiger partial charge < -0.3 is 14.6 Å². The van der Waals surface area contributed by atoms with Crippen molar-refractivity contribution in [3.8, 4) is 5.75 Å². The third-order valence-electron chi connectivity index (χ3n) is 3.42. The standard InChI is InChI=1S/C16H23NO7S/c1-10(2)7-13(16(19)20)17-25(21,22)14-6-5-12(23-3)8-11(14)9-15(18)24-4/h5-6,8,10,13,17H,7,9H2,1-4H3,(H,19,20)/t13-/m1/s1. The maximum absolute atomic E-state index is 12.7. The number of esters is 1. The quantitative estimate of drug-likeness (QED) is 0.624. The second-order valence-electron chi connectivity index (χ2n) is 5.87. The molecule has 0 bridgehead atoms. The molecule has 0 heterocycles. The SMILES string of the molecule is COC(=O)Cc1cc(OC)ccc1S(=O)(=O)N[C@H](CC(C)C)C(=O)O. The number of hydrogen-bond donors (Lipinski definition) is 2. The molecule has 8 nitrogen and oxygen atoms in total. The number of benzene rings is 1. The van der Waals surface area contributed by atoms with Crippen molar-refractivity contribution in [2.45, 2.75) is 37.6 Å². The third-order valence-corrected chi connectivity index (χ3v) is 4.99. The molecule has 0 unspecified atom stereocenters. The largest absolute Gasteiger partial charge is 0.497 e. The summed E-state index contributed by atoms with van der Waals surface area (Å²) in [5, 5.41) is 9.25. The lowest BCUT2D eigenvalue weighted by atomic mass is 10.1. The number of nitrogens with one attached hydrogen (secondary N) is 1. The van der Waals surface area contributed by atoms with Crippen LogP contribution in [0.3, 0.4) is 0 Å². The van der Waals surface area contributed by atoms with E-state index in [-0.39, 0.29) is 29.2 Å². The highest BCUT2D eigenvalue weighted by Crippen LogP contribution is 2.23. The highest BCUT2D eigenvalue weighted by Gasteiger charge is 2.28. The Morgan fingerprint density at radius 3 is 2.36 bits per heavy atom. The Morgan fingerprint density at radius 2 is 1.88 bits per heavy atom. The number of hydrogen-bond acceptors (Lipinski definition) is 6. The second-order valence-corrected chi connectivity index (χ2v) is 7.55. The lowest BCUT2D eigenvalue weighted by Gasteiger charge is -2.18. The van der Waals surface area contributed by atoms with Gasteiger partial charge in [-0.25, -0.2) is 8.42 Å². The van der Waals surface area contributed by atoms with E-state index in [4.69, 9.17) is 4.74 Å². The molecule has 1 aromatic carbocycles. The summed E-state index contributed by atoms with van der Waals surface area (Å²) in [6, 6.07) is 2.84. The first-order valence-corrected chi connectivity index (χ1v) is 9.08. The molecular formula is C16H23NO7S. The van der Waals surface area contributed by atoms with Crippen LogP contribution in [-0.2, 0) is 30.8 Å². The van der Waals surface area contributed by atoms with Crippen LogP contribution in [0.2, 0.25) is 0 Å². The van der Waals surface area contributed by atoms with Gasteiger partial charge in [0.1, 0.15) is 11.8 Å².